The molecule has 0 aliphatic carbocycles. The van der Waals surface area contributed by atoms with Crippen LogP contribution in [-0.4, -0.2) is 5.78 Å². The highest BCUT2D eigenvalue weighted by atomic mass is 127. The maximum atomic E-state index is 13.1. The van der Waals surface area contributed by atoms with Crippen molar-refractivity contribution in [1.29, 1.82) is 0 Å². The van der Waals surface area contributed by atoms with E-state index in [1.54, 1.807) is 6.07 Å². The molecule has 0 saturated carbocycles. The molecular weight excluding hydrogens is 410 g/mol. The third-order valence-electron chi connectivity index (χ3n) is 2.62. The molecule has 0 aromatic heterocycles. The van der Waals surface area contributed by atoms with Gasteiger partial charge in [-0.25, -0.2) is 4.39 Å². The van der Waals surface area contributed by atoms with Crippen LogP contribution in [0.15, 0.2) is 40.9 Å². The Morgan fingerprint density at radius 1 is 1.28 bits per heavy atom. The molecule has 0 aliphatic rings. The first-order valence-electron chi connectivity index (χ1n) is 5.25. The minimum Gasteiger partial charge on any atom is -0.289 e. The number of ketones is 1. The Morgan fingerprint density at radius 2 is 2.00 bits per heavy atom. The number of halogens is 3. The standard InChI is InChI=1S/C14H9BrFIO/c1-8-3-2-4-10(13(8)17)14(18)9-5-6-12(16)11(15)7-9/h2-7H,1H3. The van der Waals surface area contributed by atoms with Crippen LogP contribution >= 0.6 is 38.5 Å². The number of hydrogen-bond acceptors (Lipinski definition) is 1. The zero-order chi connectivity index (χ0) is 13.3. The van der Waals surface area contributed by atoms with Crippen molar-refractivity contribution in [3.63, 3.8) is 0 Å². The van der Waals surface area contributed by atoms with Gasteiger partial charge in [-0.1, -0.05) is 12.1 Å². The summed E-state index contributed by atoms with van der Waals surface area (Å²) < 4.78 is 14.4. The fourth-order valence-electron chi connectivity index (χ4n) is 1.62. The predicted octanol–water partition coefficient (Wildman–Crippen LogP) is 4.73. The Kier molecular flexibility index (Phi) is 4.17. The van der Waals surface area contributed by atoms with E-state index in [1.807, 2.05) is 19.1 Å². The minimum absolute atomic E-state index is 0.0937. The van der Waals surface area contributed by atoms with Gasteiger partial charge in [0, 0.05) is 14.7 Å². The van der Waals surface area contributed by atoms with E-state index in [1.165, 1.54) is 18.2 Å². The van der Waals surface area contributed by atoms with E-state index >= 15 is 0 Å². The van der Waals surface area contributed by atoms with Crippen LogP contribution in [0.3, 0.4) is 0 Å². The summed E-state index contributed by atoms with van der Waals surface area (Å²) in [7, 11) is 0. The zero-order valence-electron chi connectivity index (χ0n) is 9.51. The molecule has 0 unspecified atom stereocenters. The van der Waals surface area contributed by atoms with Gasteiger partial charge in [-0.05, 0) is 75.3 Å². The van der Waals surface area contributed by atoms with Gasteiger partial charge < -0.3 is 0 Å². The lowest BCUT2D eigenvalue weighted by Crippen LogP contribution is -2.05. The number of carbonyl (C=O) groups is 1. The Hall–Kier alpha value is -0.750. The van der Waals surface area contributed by atoms with Crippen molar-refractivity contribution in [3.8, 4) is 0 Å². The molecule has 0 N–H and O–H groups in total. The summed E-state index contributed by atoms with van der Waals surface area (Å²) in [5.74, 6) is -0.464. The lowest BCUT2D eigenvalue weighted by molar-refractivity contribution is 0.103. The van der Waals surface area contributed by atoms with E-state index in [0.29, 0.717) is 15.6 Å². The lowest BCUT2D eigenvalue weighted by atomic mass is 10.0. The second-order valence-corrected chi connectivity index (χ2v) is 5.83. The highest BCUT2D eigenvalue weighted by Gasteiger charge is 2.14. The second-order valence-electron chi connectivity index (χ2n) is 3.89. The van der Waals surface area contributed by atoms with Crippen molar-refractivity contribution in [3.05, 3.63) is 66.9 Å². The zero-order valence-corrected chi connectivity index (χ0v) is 13.2. The summed E-state index contributed by atoms with van der Waals surface area (Å²) in [6, 6.07) is 9.90. The largest absolute Gasteiger partial charge is 0.289 e. The first-order valence-corrected chi connectivity index (χ1v) is 7.12. The van der Waals surface area contributed by atoms with Crippen LogP contribution in [0.25, 0.3) is 0 Å². The Labute approximate surface area is 127 Å². The molecule has 92 valence electrons. The van der Waals surface area contributed by atoms with Gasteiger partial charge in [-0.3, -0.25) is 4.79 Å². The maximum Gasteiger partial charge on any atom is 0.194 e. The van der Waals surface area contributed by atoms with Crippen LogP contribution in [0.5, 0.6) is 0 Å². The Bertz CT molecular complexity index is 625. The number of aryl methyl sites for hydroxylation is 1. The van der Waals surface area contributed by atoms with Gasteiger partial charge in [0.25, 0.3) is 0 Å². The maximum absolute atomic E-state index is 13.1. The van der Waals surface area contributed by atoms with Crippen LogP contribution in [0, 0.1) is 16.3 Å². The van der Waals surface area contributed by atoms with Crippen molar-refractivity contribution >= 4 is 44.3 Å². The number of carbonyl (C=O) groups excluding carboxylic acids is 1. The van der Waals surface area contributed by atoms with Crippen LogP contribution in [0.1, 0.15) is 21.5 Å². The van der Waals surface area contributed by atoms with Crippen LogP contribution in [0.4, 0.5) is 4.39 Å². The Morgan fingerprint density at radius 3 is 2.67 bits per heavy atom. The molecule has 0 amide bonds. The summed E-state index contributed by atoms with van der Waals surface area (Å²) in [5, 5.41) is 0. The van der Waals surface area contributed by atoms with E-state index in [9.17, 15) is 9.18 Å². The van der Waals surface area contributed by atoms with E-state index in [2.05, 4.69) is 38.5 Å². The summed E-state index contributed by atoms with van der Waals surface area (Å²) in [5.41, 5.74) is 2.18. The Balaban J connectivity index is 2.48. The molecule has 0 atom stereocenters. The van der Waals surface area contributed by atoms with Crippen LogP contribution in [-0.2, 0) is 0 Å². The topological polar surface area (TPSA) is 17.1 Å². The highest BCUT2D eigenvalue weighted by molar-refractivity contribution is 14.1. The number of hydrogen-bond donors (Lipinski definition) is 0. The smallest absolute Gasteiger partial charge is 0.194 e. The molecule has 0 fully saturated rings. The van der Waals surface area contributed by atoms with Crippen molar-refractivity contribution in [2.45, 2.75) is 6.92 Å². The van der Waals surface area contributed by atoms with Gasteiger partial charge in [-0.15, -0.1) is 0 Å². The predicted molar refractivity (Wildman–Crippen MR) is 81.4 cm³/mol. The number of rotatable bonds is 2. The quantitative estimate of drug-likeness (QED) is 0.508. The van der Waals surface area contributed by atoms with Gasteiger partial charge in [0.2, 0.25) is 0 Å². The summed E-state index contributed by atoms with van der Waals surface area (Å²) in [6.45, 7) is 1.96. The fourth-order valence-corrected chi connectivity index (χ4v) is 2.60. The summed E-state index contributed by atoms with van der Waals surface area (Å²) in [4.78, 5) is 12.3. The molecule has 0 saturated heterocycles. The van der Waals surface area contributed by atoms with E-state index < -0.39 is 0 Å². The summed E-state index contributed by atoms with van der Waals surface area (Å²) >= 11 is 5.25. The van der Waals surface area contributed by atoms with Gasteiger partial charge in [0.15, 0.2) is 5.78 Å². The molecule has 0 aliphatic heterocycles. The number of benzene rings is 2. The van der Waals surface area contributed by atoms with Gasteiger partial charge in [0.05, 0.1) is 4.47 Å². The molecule has 2 rings (SSSR count). The average molecular weight is 419 g/mol. The molecule has 4 heteroatoms. The second kappa shape index (κ2) is 5.48. The van der Waals surface area contributed by atoms with E-state index in [0.717, 1.165) is 9.13 Å². The van der Waals surface area contributed by atoms with E-state index in [-0.39, 0.29) is 11.6 Å². The summed E-state index contributed by atoms with van der Waals surface area (Å²) in [6.07, 6.45) is 0. The molecule has 0 radical (unpaired) electrons. The van der Waals surface area contributed by atoms with Crippen LogP contribution < -0.4 is 0 Å². The average Bonchev–Trinajstić information content (AvgIpc) is 2.35. The minimum atomic E-state index is -0.370. The van der Waals surface area contributed by atoms with Crippen molar-refractivity contribution in [1.82, 2.24) is 0 Å². The van der Waals surface area contributed by atoms with Crippen molar-refractivity contribution in [2.75, 3.05) is 0 Å². The first-order chi connectivity index (χ1) is 8.50. The molecule has 18 heavy (non-hydrogen) atoms. The monoisotopic (exact) mass is 418 g/mol. The molecule has 0 bridgehead atoms. The normalized spacial score (nSPS) is 10.4. The fraction of sp³-hybridized carbons (Fsp3) is 0.0714. The van der Waals surface area contributed by atoms with Gasteiger partial charge in [0.1, 0.15) is 5.82 Å². The third kappa shape index (κ3) is 2.64. The van der Waals surface area contributed by atoms with Crippen LogP contribution in [0.2, 0.25) is 0 Å². The SMILES string of the molecule is Cc1cccc(C(=O)c2ccc(F)c(Br)c2)c1I. The molecular formula is C14H9BrFIO. The molecule has 2 aromatic carbocycles. The first kappa shape index (κ1) is 13.7. The third-order valence-corrected chi connectivity index (χ3v) is 4.66. The van der Waals surface area contributed by atoms with Gasteiger partial charge in [-0.2, -0.15) is 0 Å². The molecule has 0 heterocycles. The molecule has 2 aromatic rings. The highest BCUT2D eigenvalue weighted by Crippen LogP contribution is 2.23. The van der Waals surface area contributed by atoms with E-state index in [4.69, 9.17) is 0 Å². The molecule has 1 nitrogen and oxygen atoms in total. The lowest BCUT2D eigenvalue weighted by Gasteiger charge is -2.07. The van der Waals surface area contributed by atoms with Crippen molar-refractivity contribution < 1.29 is 9.18 Å². The molecule has 0 spiro atoms. The van der Waals surface area contributed by atoms with Gasteiger partial charge >= 0.3 is 0 Å². The van der Waals surface area contributed by atoms with Crippen molar-refractivity contribution in [2.24, 2.45) is 0 Å².